The van der Waals surface area contributed by atoms with Crippen molar-refractivity contribution in [2.24, 2.45) is 0 Å². The summed E-state index contributed by atoms with van der Waals surface area (Å²) in [5.74, 6) is -2.01. The van der Waals surface area contributed by atoms with Crippen LogP contribution in [-0.4, -0.2) is 23.6 Å². The summed E-state index contributed by atoms with van der Waals surface area (Å²) in [6.45, 7) is -0.728. The fourth-order valence-electron chi connectivity index (χ4n) is 1.26. The van der Waals surface area contributed by atoms with Crippen molar-refractivity contribution in [1.29, 1.82) is 0 Å². The number of amides is 1. The Morgan fingerprint density at radius 3 is 2.58 bits per heavy atom. The molecule has 0 bridgehead atoms. The van der Waals surface area contributed by atoms with Crippen LogP contribution in [0.1, 0.15) is 11.1 Å². The van der Waals surface area contributed by atoms with Crippen LogP contribution in [-0.2, 0) is 27.0 Å². The highest BCUT2D eigenvalue weighted by molar-refractivity contribution is 5.77. The van der Waals surface area contributed by atoms with Gasteiger partial charge in [-0.1, -0.05) is 18.2 Å². The zero-order valence-corrected chi connectivity index (χ0v) is 9.53. The van der Waals surface area contributed by atoms with Crippen LogP contribution in [0.5, 0.6) is 0 Å². The molecular formula is C11H10F3NO4. The molecule has 104 valence electrons. The summed E-state index contributed by atoms with van der Waals surface area (Å²) in [5.41, 5.74) is 1.11. The van der Waals surface area contributed by atoms with Crippen molar-refractivity contribution in [3.05, 3.63) is 35.4 Å². The molecule has 2 N–H and O–H groups in total. The number of nitrogens with one attached hydrogen (secondary N) is 1. The first kappa shape index (κ1) is 15.0. The van der Waals surface area contributed by atoms with Gasteiger partial charge in [-0.05, 0) is 11.6 Å². The first-order valence-electron chi connectivity index (χ1n) is 5.07. The second-order valence-corrected chi connectivity index (χ2v) is 3.58. The lowest BCUT2D eigenvalue weighted by Crippen LogP contribution is -2.28. The average Bonchev–Trinajstić information content (AvgIpc) is 2.27. The van der Waals surface area contributed by atoms with Crippen LogP contribution in [0.2, 0.25) is 0 Å². The van der Waals surface area contributed by atoms with Crippen LogP contribution < -0.4 is 5.48 Å². The Bertz CT molecular complexity index is 473. The normalized spacial score (nSPS) is 11.1. The van der Waals surface area contributed by atoms with Gasteiger partial charge in [-0.15, -0.1) is 0 Å². The molecule has 0 heterocycles. The molecule has 0 aliphatic carbocycles. The third kappa shape index (κ3) is 5.38. The molecule has 1 rings (SSSR count). The zero-order chi connectivity index (χ0) is 14.5. The van der Waals surface area contributed by atoms with Crippen molar-refractivity contribution < 1.29 is 32.7 Å². The summed E-state index contributed by atoms with van der Waals surface area (Å²) < 4.78 is 37.2. The monoisotopic (exact) mass is 277 g/mol. The zero-order valence-electron chi connectivity index (χ0n) is 9.53. The summed E-state index contributed by atoms with van der Waals surface area (Å²) in [6, 6.07) is 4.27. The largest absolute Gasteiger partial charge is 0.479 e. The van der Waals surface area contributed by atoms with Crippen molar-refractivity contribution in [3.8, 4) is 0 Å². The minimum atomic E-state index is -4.48. The number of hydroxylamine groups is 1. The number of carboxylic acids is 1. The number of carbonyl (C=O) groups excluding carboxylic acids is 1. The molecule has 0 aliphatic heterocycles. The van der Waals surface area contributed by atoms with Crippen LogP contribution in [0, 0.1) is 0 Å². The molecule has 0 saturated heterocycles. The molecule has 0 spiro atoms. The Morgan fingerprint density at radius 1 is 1.32 bits per heavy atom. The molecule has 0 atom stereocenters. The van der Waals surface area contributed by atoms with Gasteiger partial charge in [0.05, 0.1) is 12.0 Å². The third-order valence-corrected chi connectivity index (χ3v) is 2.00. The Morgan fingerprint density at radius 2 is 2.00 bits per heavy atom. The minimum absolute atomic E-state index is 0.145. The topological polar surface area (TPSA) is 75.6 Å². The molecule has 8 heteroatoms. The van der Waals surface area contributed by atoms with Crippen molar-refractivity contribution in [3.63, 3.8) is 0 Å². The highest BCUT2D eigenvalue weighted by Crippen LogP contribution is 2.29. The fraction of sp³-hybridized carbons (Fsp3) is 0.273. The maximum Gasteiger partial charge on any atom is 0.416 e. The highest BCUT2D eigenvalue weighted by Gasteiger charge is 2.30. The summed E-state index contributed by atoms with van der Waals surface area (Å²) in [4.78, 5) is 25.6. The standard InChI is InChI=1S/C11H10F3NO4/c12-11(13,14)8-3-1-2-7(4-8)5-9(16)15-19-6-10(17)18/h1-4H,5-6H2,(H,15,16)(H,17,18). The molecule has 0 saturated carbocycles. The van der Waals surface area contributed by atoms with Crippen LogP contribution >= 0.6 is 0 Å². The van der Waals surface area contributed by atoms with Crippen molar-refractivity contribution >= 4 is 11.9 Å². The second-order valence-electron chi connectivity index (χ2n) is 3.58. The van der Waals surface area contributed by atoms with E-state index in [1.807, 2.05) is 5.48 Å². The van der Waals surface area contributed by atoms with Crippen LogP contribution in [0.4, 0.5) is 13.2 Å². The smallest absolute Gasteiger partial charge is 0.416 e. The summed E-state index contributed by atoms with van der Waals surface area (Å²) in [6.07, 6.45) is -4.82. The van der Waals surface area contributed by atoms with Gasteiger partial charge < -0.3 is 5.11 Å². The van der Waals surface area contributed by atoms with Gasteiger partial charge in [0.1, 0.15) is 0 Å². The number of aliphatic carboxylic acids is 1. The molecule has 0 unspecified atom stereocenters. The van der Waals surface area contributed by atoms with Crippen molar-refractivity contribution in [1.82, 2.24) is 5.48 Å². The van der Waals surface area contributed by atoms with Crippen LogP contribution in [0.25, 0.3) is 0 Å². The van der Waals surface area contributed by atoms with E-state index in [-0.39, 0.29) is 12.0 Å². The van der Waals surface area contributed by atoms with Gasteiger partial charge in [-0.2, -0.15) is 13.2 Å². The maximum absolute atomic E-state index is 12.4. The van der Waals surface area contributed by atoms with Gasteiger partial charge in [-0.25, -0.2) is 10.3 Å². The summed E-state index contributed by atoms with van der Waals surface area (Å²) >= 11 is 0. The van der Waals surface area contributed by atoms with Gasteiger partial charge in [0.15, 0.2) is 6.61 Å². The number of hydrogen-bond donors (Lipinski definition) is 2. The molecule has 1 aromatic rings. The van der Waals surface area contributed by atoms with Gasteiger partial charge in [-0.3, -0.25) is 9.63 Å². The van der Waals surface area contributed by atoms with E-state index in [9.17, 15) is 22.8 Å². The third-order valence-electron chi connectivity index (χ3n) is 2.00. The Balaban J connectivity index is 2.57. The van der Waals surface area contributed by atoms with Gasteiger partial charge in [0.2, 0.25) is 5.91 Å². The van der Waals surface area contributed by atoms with E-state index >= 15 is 0 Å². The molecule has 0 radical (unpaired) electrons. The molecule has 1 aromatic carbocycles. The Labute approximate surface area is 105 Å². The highest BCUT2D eigenvalue weighted by atomic mass is 19.4. The average molecular weight is 277 g/mol. The van der Waals surface area contributed by atoms with E-state index in [1.54, 1.807) is 0 Å². The predicted octanol–water partition coefficient (Wildman–Crippen LogP) is 1.38. The number of carboxylic acid groups (broad SMARTS) is 1. The van der Waals surface area contributed by atoms with Gasteiger partial charge in [0, 0.05) is 0 Å². The van der Waals surface area contributed by atoms with E-state index < -0.39 is 30.2 Å². The number of carbonyl (C=O) groups is 2. The fourth-order valence-corrected chi connectivity index (χ4v) is 1.26. The number of hydrogen-bond acceptors (Lipinski definition) is 3. The predicted molar refractivity (Wildman–Crippen MR) is 56.9 cm³/mol. The lowest BCUT2D eigenvalue weighted by atomic mass is 10.1. The van der Waals surface area contributed by atoms with E-state index in [1.165, 1.54) is 12.1 Å². The molecule has 0 aromatic heterocycles. The number of alkyl halides is 3. The van der Waals surface area contributed by atoms with Crippen LogP contribution in [0.15, 0.2) is 24.3 Å². The maximum atomic E-state index is 12.4. The van der Waals surface area contributed by atoms with Crippen molar-refractivity contribution in [2.75, 3.05) is 6.61 Å². The molecular weight excluding hydrogens is 267 g/mol. The second kappa shape index (κ2) is 6.19. The Kier molecular flexibility index (Phi) is 4.87. The first-order valence-corrected chi connectivity index (χ1v) is 5.07. The first-order chi connectivity index (χ1) is 8.79. The van der Waals surface area contributed by atoms with E-state index in [4.69, 9.17) is 5.11 Å². The van der Waals surface area contributed by atoms with Gasteiger partial charge >= 0.3 is 12.1 Å². The molecule has 0 fully saturated rings. The minimum Gasteiger partial charge on any atom is -0.479 e. The van der Waals surface area contributed by atoms with Crippen LogP contribution in [0.3, 0.4) is 0 Å². The lowest BCUT2D eigenvalue weighted by Gasteiger charge is -2.08. The number of benzene rings is 1. The lowest BCUT2D eigenvalue weighted by molar-refractivity contribution is -0.149. The molecule has 19 heavy (non-hydrogen) atoms. The van der Waals surface area contributed by atoms with Gasteiger partial charge in [0.25, 0.3) is 0 Å². The molecule has 1 amide bonds. The number of halogens is 3. The van der Waals surface area contributed by atoms with E-state index in [0.29, 0.717) is 0 Å². The number of rotatable bonds is 5. The molecule has 5 nitrogen and oxygen atoms in total. The van der Waals surface area contributed by atoms with E-state index in [2.05, 4.69) is 4.84 Å². The summed E-state index contributed by atoms with van der Waals surface area (Å²) in [5, 5.41) is 8.24. The van der Waals surface area contributed by atoms with Crippen molar-refractivity contribution in [2.45, 2.75) is 12.6 Å². The van der Waals surface area contributed by atoms with E-state index in [0.717, 1.165) is 12.1 Å². The SMILES string of the molecule is O=C(O)CONC(=O)Cc1cccc(C(F)(F)F)c1. The molecule has 0 aliphatic rings. The summed E-state index contributed by atoms with van der Waals surface area (Å²) in [7, 11) is 0. The Hall–Kier alpha value is -2.09. The quantitative estimate of drug-likeness (QED) is 0.797.